The quantitative estimate of drug-likeness (QED) is 0.775. The van der Waals surface area contributed by atoms with Crippen LogP contribution in [0.2, 0.25) is 0 Å². The lowest BCUT2D eigenvalue weighted by Gasteiger charge is -2.14. The monoisotopic (exact) mass is 259 g/mol. The Morgan fingerprint density at radius 2 is 2.14 bits per heavy atom. The molecule has 78 valence electrons. The second-order valence-electron chi connectivity index (χ2n) is 3.21. The highest BCUT2D eigenvalue weighted by Crippen LogP contribution is 2.34. The Balaban J connectivity index is 3.04. The topological polar surface area (TPSA) is 52.5 Å². The summed E-state index contributed by atoms with van der Waals surface area (Å²) >= 11 is 3.27. The van der Waals surface area contributed by atoms with Gasteiger partial charge in [-0.1, -0.05) is 12.1 Å². The van der Waals surface area contributed by atoms with Crippen molar-refractivity contribution in [1.29, 1.82) is 0 Å². The predicted octanol–water partition coefficient (Wildman–Crippen LogP) is 1.72. The normalized spacial score (nSPS) is 12.9. The van der Waals surface area contributed by atoms with Gasteiger partial charge in [0.2, 0.25) is 0 Å². The summed E-state index contributed by atoms with van der Waals surface area (Å²) in [5.74, 6) is 0.118. The number of rotatable bonds is 3. The third-order valence-corrected chi connectivity index (χ3v) is 3.10. The first kappa shape index (κ1) is 11.5. The van der Waals surface area contributed by atoms with Crippen molar-refractivity contribution in [3.63, 3.8) is 0 Å². The first-order valence-corrected chi connectivity index (χ1v) is 5.17. The number of phenolic OH excluding ortho intramolecular Hbond substituents is 1. The summed E-state index contributed by atoms with van der Waals surface area (Å²) in [6, 6.07) is 3.59. The van der Waals surface area contributed by atoms with Gasteiger partial charge in [-0.3, -0.25) is 0 Å². The van der Waals surface area contributed by atoms with Gasteiger partial charge in [-0.2, -0.15) is 0 Å². The minimum absolute atomic E-state index is 0.118. The van der Waals surface area contributed by atoms with Gasteiger partial charge in [-0.25, -0.2) is 0 Å². The fraction of sp³-hybridized carbons (Fsp3) is 0.400. The van der Waals surface area contributed by atoms with Crippen LogP contribution in [0.4, 0.5) is 0 Å². The van der Waals surface area contributed by atoms with Crippen LogP contribution in [0.25, 0.3) is 0 Å². The molecule has 1 atom stereocenters. The number of halogens is 1. The molecule has 0 aliphatic heterocycles. The van der Waals surface area contributed by atoms with Crippen LogP contribution in [0.15, 0.2) is 16.6 Å². The maximum absolute atomic E-state index is 9.74. The largest absolute Gasteiger partial charge is 0.506 e. The maximum atomic E-state index is 9.74. The predicted molar refractivity (Wildman–Crippen MR) is 59.4 cm³/mol. The summed E-state index contributed by atoms with van der Waals surface area (Å²) in [6.45, 7) is 2.31. The molecular formula is C10H14BrNO2. The van der Waals surface area contributed by atoms with Gasteiger partial charge in [0, 0.05) is 12.1 Å². The lowest BCUT2D eigenvalue weighted by Crippen LogP contribution is -2.16. The van der Waals surface area contributed by atoms with Crippen molar-refractivity contribution in [2.75, 3.05) is 13.6 Å². The highest BCUT2D eigenvalue weighted by molar-refractivity contribution is 9.10. The van der Waals surface area contributed by atoms with E-state index in [4.69, 9.17) is 0 Å². The molecule has 0 saturated carbocycles. The van der Waals surface area contributed by atoms with Gasteiger partial charge in [0.25, 0.3) is 0 Å². The Kier molecular flexibility index (Phi) is 3.92. The average molecular weight is 260 g/mol. The van der Waals surface area contributed by atoms with Crippen LogP contribution < -0.4 is 5.32 Å². The zero-order valence-corrected chi connectivity index (χ0v) is 9.80. The van der Waals surface area contributed by atoms with E-state index in [1.807, 2.05) is 13.0 Å². The van der Waals surface area contributed by atoms with Gasteiger partial charge in [0.15, 0.2) is 0 Å². The zero-order valence-electron chi connectivity index (χ0n) is 8.21. The molecule has 0 radical (unpaired) electrons. The lowest BCUT2D eigenvalue weighted by atomic mass is 10.1. The molecule has 1 unspecified atom stereocenters. The Morgan fingerprint density at radius 3 is 2.71 bits per heavy atom. The van der Waals surface area contributed by atoms with E-state index in [1.54, 1.807) is 13.1 Å². The molecule has 14 heavy (non-hydrogen) atoms. The van der Waals surface area contributed by atoms with Gasteiger partial charge >= 0.3 is 0 Å². The van der Waals surface area contributed by atoms with Gasteiger partial charge in [-0.05, 0) is 35.5 Å². The maximum Gasteiger partial charge on any atom is 0.135 e. The highest BCUT2D eigenvalue weighted by atomic mass is 79.9. The molecule has 0 aliphatic carbocycles. The molecule has 0 aromatic heterocycles. The van der Waals surface area contributed by atoms with Crippen LogP contribution in [0.1, 0.15) is 17.2 Å². The number of phenols is 1. The van der Waals surface area contributed by atoms with E-state index < -0.39 is 6.10 Å². The molecule has 4 heteroatoms. The number of aliphatic hydroxyl groups excluding tert-OH is 1. The summed E-state index contributed by atoms with van der Waals surface area (Å²) < 4.78 is 0.644. The fourth-order valence-corrected chi connectivity index (χ4v) is 1.61. The number of hydrogen-bond acceptors (Lipinski definition) is 3. The van der Waals surface area contributed by atoms with Crippen LogP contribution in [0.5, 0.6) is 5.75 Å². The summed E-state index contributed by atoms with van der Waals surface area (Å²) in [5, 5.41) is 22.3. The van der Waals surface area contributed by atoms with E-state index in [9.17, 15) is 10.2 Å². The van der Waals surface area contributed by atoms with Gasteiger partial charge in [0.05, 0.1) is 10.6 Å². The minimum atomic E-state index is -0.683. The van der Waals surface area contributed by atoms with E-state index in [2.05, 4.69) is 21.2 Å². The van der Waals surface area contributed by atoms with Crippen LogP contribution >= 0.6 is 15.9 Å². The SMILES string of the molecule is CNCC(O)c1ccc(C)c(Br)c1O. The molecule has 0 amide bonds. The van der Waals surface area contributed by atoms with Crippen LogP contribution in [0.3, 0.4) is 0 Å². The number of benzene rings is 1. The van der Waals surface area contributed by atoms with Crippen molar-refractivity contribution < 1.29 is 10.2 Å². The number of nitrogens with one attached hydrogen (secondary N) is 1. The number of aliphatic hydroxyl groups is 1. The van der Waals surface area contributed by atoms with Crippen molar-refractivity contribution in [3.8, 4) is 5.75 Å². The third kappa shape index (κ3) is 2.26. The van der Waals surface area contributed by atoms with Crippen molar-refractivity contribution in [2.45, 2.75) is 13.0 Å². The molecule has 0 bridgehead atoms. The van der Waals surface area contributed by atoms with Crippen LogP contribution in [-0.2, 0) is 0 Å². The molecule has 1 rings (SSSR count). The fourth-order valence-electron chi connectivity index (χ4n) is 1.25. The zero-order chi connectivity index (χ0) is 10.7. The highest BCUT2D eigenvalue weighted by Gasteiger charge is 2.14. The summed E-state index contributed by atoms with van der Waals surface area (Å²) in [5.41, 5.74) is 1.49. The van der Waals surface area contributed by atoms with Crippen molar-refractivity contribution >= 4 is 15.9 Å². The Labute approximate surface area is 91.9 Å². The molecule has 1 aromatic carbocycles. The molecule has 1 aromatic rings. The molecule has 0 heterocycles. The Bertz CT molecular complexity index is 328. The molecule has 3 nitrogen and oxygen atoms in total. The molecule has 0 spiro atoms. The van der Waals surface area contributed by atoms with Gasteiger partial charge < -0.3 is 15.5 Å². The Morgan fingerprint density at radius 1 is 1.50 bits per heavy atom. The van der Waals surface area contributed by atoms with E-state index in [-0.39, 0.29) is 5.75 Å². The van der Waals surface area contributed by atoms with Gasteiger partial charge in [0.1, 0.15) is 5.75 Å². The summed E-state index contributed by atoms with van der Waals surface area (Å²) in [7, 11) is 1.75. The van der Waals surface area contributed by atoms with E-state index in [0.717, 1.165) is 5.56 Å². The first-order valence-electron chi connectivity index (χ1n) is 4.38. The second kappa shape index (κ2) is 4.77. The standard InChI is InChI=1S/C10H14BrNO2/c1-6-3-4-7(8(13)5-12-2)10(14)9(6)11/h3-4,8,12-14H,5H2,1-2H3. The number of likely N-dealkylation sites (N-methyl/N-ethyl adjacent to an activating group) is 1. The second-order valence-corrected chi connectivity index (χ2v) is 4.00. The smallest absolute Gasteiger partial charge is 0.135 e. The van der Waals surface area contributed by atoms with Crippen LogP contribution in [0, 0.1) is 6.92 Å². The van der Waals surface area contributed by atoms with E-state index >= 15 is 0 Å². The Hall–Kier alpha value is -0.580. The number of aryl methyl sites for hydroxylation is 1. The van der Waals surface area contributed by atoms with E-state index in [0.29, 0.717) is 16.6 Å². The third-order valence-electron chi connectivity index (χ3n) is 2.10. The van der Waals surface area contributed by atoms with Crippen molar-refractivity contribution in [3.05, 3.63) is 27.7 Å². The molecule has 3 N–H and O–H groups in total. The lowest BCUT2D eigenvalue weighted by molar-refractivity contribution is 0.174. The molecule has 0 aliphatic rings. The molecule has 0 saturated heterocycles. The number of hydrogen-bond donors (Lipinski definition) is 3. The van der Waals surface area contributed by atoms with E-state index in [1.165, 1.54) is 0 Å². The average Bonchev–Trinajstić information content (AvgIpc) is 2.15. The summed E-state index contributed by atoms with van der Waals surface area (Å²) in [6.07, 6.45) is -0.683. The van der Waals surface area contributed by atoms with Crippen molar-refractivity contribution in [1.82, 2.24) is 5.32 Å². The number of aromatic hydroxyl groups is 1. The van der Waals surface area contributed by atoms with Crippen LogP contribution in [-0.4, -0.2) is 23.8 Å². The van der Waals surface area contributed by atoms with Gasteiger partial charge in [-0.15, -0.1) is 0 Å². The summed E-state index contributed by atoms with van der Waals surface area (Å²) in [4.78, 5) is 0. The first-order chi connectivity index (χ1) is 6.57. The minimum Gasteiger partial charge on any atom is -0.506 e. The molecule has 0 fully saturated rings. The molecular weight excluding hydrogens is 246 g/mol. The van der Waals surface area contributed by atoms with Crippen molar-refractivity contribution in [2.24, 2.45) is 0 Å².